The molecule has 1 amide bonds. The highest BCUT2D eigenvalue weighted by atomic mass is 35.5. The van der Waals surface area contributed by atoms with E-state index in [4.69, 9.17) is 34.0 Å². The summed E-state index contributed by atoms with van der Waals surface area (Å²) in [5.74, 6) is -1.68. The minimum Gasteiger partial charge on any atom is -0.481 e. The monoisotopic (exact) mass is 302 g/mol. The van der Waals surface area contributed by atoms with Crippen LogP contribution in [0.4, 0.5) is 5.69 Å². The highest BCUT2D eigenvalue weighted by Crippen LogP contribution is 2.30. The molecule has 1 fully saturated rings. The third-order valence-corrected chi connectivity index (χ3v) is 3.78. The molecule has 1 aliphatic rings. The van der Waals surface area contributed by atoms with E-state index in [1.807, 2.05) is 0 Å². The second-order valence-electron chi connectivity index (χ2n) is 4.43. The Labute approximate surface area is 119 Å². The lowest BCUT2D eigenvalue weighted by molar-refractivity contribution is -0.141. The van der Waals surface area contributed by atoms with Crippen LogP contribution in [0.15, 0.2) is 12.1 Å². The molecule has 0 radical (unpaired) electrons. The first kappa shape index (κ1) is 14.0. The number of nitrogens with two attached hydrogens (primary N) is 1. The number of rotatable bonds is 2. The smallest absolute Gasteiger partial charge is 0.308 e. The number of nitrogens with zero attached hydrogens (tertiary/aromatic N) is 1. The Morgan fingerprint density at radius 1 is 1.32 bits per heavy atom. The van der Waals surface area contributed by atoms with Crippen molar-refractivity contribution in [1.82, 2.24) is 4.90 Å². The van der Waals surface area contributed by atoms with Crippen LogP contribution in [0.2, 0.25) is 10.0 Å². The lowest BCUT2D eigenvalue weighted by atomic mass is 10.1. The summed E-state index contributed by atoms with van der Waals surface area (Å²) >= 11 is 11.7. The number of aliphatic carboxylic acids is 1. The number of nitrogen functional groups attached to an aromatic ring is 1. The zero-order valence-corrected chi connectivity index (χ0v) is 11.4. The zero-order valence-electron chi connectivity index (χ0n) is 9.90. The van der Waals surface area contributed by atoms with Gasteiger partial charge < -0.3 is 15.7 Å². The fourth-order valence-corrected chi connectivity index (χ4v) is 2.52. The number of carbonyl (C=O) groups excluding carboxylic acids is 1. The molecule has 3 N–H and O–H groups in total. The summed E-state index contributed by atoms with van der Waals surface area (Å²) in [5.41, 5.74) is 6.14. The van der Waals surface area contributed by atoms with E-state index in [1.54, 1.807) is 0 Å². The normalized spacial score (nSPS) is 18.6. The minimum absolute atomic E-state index is 0.202. The van der Waals surface area contributed by atoms with Gasteiger partial charge in [0, 0.05) is 18.7 Å². The van der Waals surface area contributed by atoms with E-state index >= 15 is 0 Å². The molecule has 1 atom stereocenters. The van der Waals surface area contributed by atoms with Crippen LogP contribution in [0, 0.1) is 5.92 Å². The number of benzene rings is 1. The fourth-order valence-electron chi connectivity index (χ4n) is 2.04. The van der Waals surface area contributed by atoms with Crippen LogP contribution in [0.1, 0.15) is 16.8 Å². The van der Waals surface area contributed by atoms with Gasteiger partial charge in [0.05, 0.1) is 21.7 Å². The Balaban J connectivity index is 2.19. The molecule has 1 aromatic carbocycles. The predicted octanol–water partition coefficient (Wildman–Crippen LogP) is 2.12. The molecular weight excluding hydrogens is 291 g/mol. The largest absolute Gasteiger partial charge is 0.481 e. The Morgan fingerprint density at radius 2 is 1.89 bits per heavy atom. The lowest BCUT2D eigenvalue weighted by Gasteiger charge is -2.16. The first-order chi connectivity index (χ1) is 8.90. The van der Waals surface area contributed by atoms with Crippen molar-refractivity contribution in [3.63, 3.8) is 0 Å². The van der Waals surface area contributed by atoms with E-state index in [0.29, 0.717) is 18.5 Å². The van der Waals surface area contributed by atoms with Crippen molar-refractivity contribution in [2.24, 2.45) is 5.92 Å². The van der Waals surface area contributed by atoms with Crippen LogP contribution in [-0.4, -0.2) is 35.0 Å². The molecule has 19 heavy (non-hydrogen) atoms. The van der Waals surface area contributed by atoms with Gasteiger partial charge in [-0.1, -0.05) is 23.2 Å². The van der Waals surface area contributed by atoms with Crippen LogP contribution in [0.5, 0.6) is 0 Å². The van der Waals surface area contributed by atoms with E-state index in [9.17, 15) is 9.59 Å². The maximum Gasteiger partial charge on any atom is 0.308 e. The molecule has 102 valence electrons. The van der Waals surface area contributed by atoms with Crippen molar-refractivity contribution in [3.8, 4) is 0 Å². The number of likely N-dealkylation sites (tertiary alicyclic amines) is 1. The lowest BCUT2D eigenvalue weighted by Crippen LogP contribution is -2.30. The Hall–Kier alpha value is -1.46. The third kappa shape index (κ3) is 2.77. The summed E-state index contributed by atoms with van der Waals surface area (Å²) in [6.07, 6.45) is 0.456. The minimum atomic E-state index is -0.885. The molecule has 1 aromatic rings. The molecule has 5 nitrogen and oxygen atoms in total. The first-order valence-electron chi connectivity index (χ1n) is 5.66. The zero-order chi connectivity index (χ0) is 14.2. The van der Waals surface area contributed by atoms with Gasteiger partial charge in [-0.25, -0.2) is 0 Å². The summed E-state index contributed by atoms with van der Waals surface area (Å²) in [6, 6.07) is 2.89. The SMILES string of the molecule is Nc1c(Cl)cc(C(=O)N2CCC(C(=O)O)C2)cc1Cl. The number of halogens is 2. The molecular formula is C12H12Cl2N2O3. The van der Waals surface area contributed by atoms with Gasteiger partial charge in [-0.3, -0.25) is 9.59 Å². The summed E-state index contributed by atoms with van der Waals surface area (Å²) in [6.45, 7) is 0.614. The summed E-state index contributed by atoms with van der Waals surface area (Å²) in [5, 5.41) is 9.34. The molecule has 0 bridgehead atoms. The quantitative estimate of drug-likeness (QED) is 0.820. The average Bonchev–Trinajstić information content (AvgIpc) is 2.84. The van der Waals surface area contributed by atoms with Crippen LogP contribution in [0.3, 0.4) is 0 Å². The van der Waals surface area contributed by atoms with Crippen LogP contribution in [-0.2, 0) is 4.79 Å². The van der Waals surface area contributed by atoms with E-state index in [0.717, 1.165) is 0 Å². The van der Waals surface area contributed by atoms with Gasteiger partial charge in [-0.15, -0.1) is 0 Å². The maximum absolute atomic E-state index is 12.2. The fraction of sp³-hybridized carbons (Fsp3) is 0.333. The molecule has 0 aromatic heterocycles. The average molecular weight is 303 g/mol. The Morgan fingerprint density at radius 3 is 2.37 bits per heavy atom. The van der Waals surface area contributed by atoms with Gasteiger partial charge >= 0.3 is 5.97 Å². The van der Waals surface area contributed by atoms with Gasteiger partial charge in [-0.2, -0.15) is 0 Å². The number of carbonyl (C=O) groups is 2. The second kappa shape index (κ2) is 5.27. The van der Waals surface area contributed by atoms with Crippen molar-refractivity contribution in [2.75, 3.05) is 18.8 Å². The van der Waals surface area contributed by atoms with Gasteiger partial charge in [0.2, 0.25) is 0 Å². The predicted molar refractivity (Wildman–Crippen MR) is 72.5 cm³/mol. The molecule has 0 spiro atoms. The van der Waals surface area contributed by atoms with Crippen LogP contribution in [0.25, 0.3) is 0 Å². The maximum atomic E-state index is 12.2. The van der Waals surface area contributed by atoms with Gasteiger partial charge in [0.15, 0.2) is 0 Å². The topological polar surface area (TPSA) is 83.6 Å². The van der Waals surface area contributed by atoms with Gasteiger partial charge in [-0.05, 0) is 18.6 Å². The number of hydrogen-bond acceptors (Lipinski definition) is 3. The molecule has 0 saturated carbocycles. The summed E-state index contributed by atoms with van der Waals surface area (Å²) in [4.78, 5) is 24.6. The number of carboxylic acid groups (broad SMARTS) is 1. The molecule has 1 unspecified atom stereocenters. The third-order valence-electron chi connectivity index (χ3n) is 3.15. The number of hydrogen-bond donors (Lipinski definition) is 2. The van der Waals surface area contributed by atoms with E-state index in [2.05, 4.69) is 0 Å². The highest BCUT2D eigenvalue weighted by Gasteiger charge is 2.31. The molecule has 2 rings (SSSR count). The van der Waals surface area contributed by atoms with E-state index < -0.39 is 11.9 Å². The van der Waals surface area contributed by atoms with Crippen molar-refractivity contribution >= 4 is 40.8 Å². The van der Waals surface area contributed by atoms with Crippen LogP contribution < -0.4 is 5.73 Å². The van der Waals surface area contributed by atoms with Gasteiger partial charge in [0.25, 0.3) is 5.91 Å². The van der Waals surface area contributed by atoms with Crippen molar-refractivity contribution in [1.29, 1.82) is 0 Å². The van der Waals surface area contributed by atoms with E-state index in [-0.39, 0.29) is 28.2 Å². The van der Waals surface area contributed by atoms with Crippen molar-refractivity contribution in [3.05, 3.63) is 27.7 Å². The first-order valence-corrected chi connectivity index (χ1v) is 6.42. The number of carboxylic acids is 1. The molecule has 0 aliphatic carbocycles. The Kier molecular flexibility index (Phi) is 3.87. The highest BCUT2D eigenvalue weighted by molar-refractivity contribution is 6.39. The second-order valence-corrected chi connectivity index (χ2v) is 5.24. The summed E-state index contributed by atoms with van der Waals surface area (Å²) < 4.78 is 0. The summed E-state index contributed by atoms with van der Waals surface area (Å²) in [7, 11) is 0. The van der Waals surface area contributed by atoms with E-state index in [1.165, 1.54) is 17.0 Å². The molecule has 1 saturated heterocycles. The van der Waals surface area contributed by atoms with Gasteiger partial charge in [0.1, 0.15) is 0 Å². The molecule has 7 heteroatoms. The molecule has 1 aliphatic heterocycles. The Bertz CT molecular complexity index is 525. The standard InChI is InChI=1S/C12H12Cl2N2O3/c13-8-3-7(4-9(14)10(8)15)11(17)16-2-1-6(5-16)12(18)19/h3-4,6H,1-2,5,15H2,(H,18,19). The number of anilines is 1. The number of amides is 1. The van der Waals surface area contributed by atoms with Crippen molar-refractivity contribution < 1.29 is 14.7 Å². The van der Waals surface area contributed by atoms with Crippen molar-refractivity contribution in [2.45, 2.75) is 6.42 Å². The molecule has 1 heterocycles. The van der Waals surface area contributed by atoms with Crippen LogP contribution >= 0.6 is 23.2 Å².